The number of nitrogen functional groups attached to an aromatic ring is 1. The molecule has 0 atom stereocenters. The fourth-order valence-corrected chi connectivity index (χ4v) is 2.94. The smallest absolute Gasteiger partial charge is 0.306 e. The Morgan fingerprint density at radius 3 is 2.76 bits per heavy atom. The third-order valence-electron chi connectivity index (χ3n) is 4.38. The first-order valence-electron chi connectivity index (χ1n) is 8.16. The first kappa shape index (κ1) is 19.3. The van der Waals surface area contributed by atoms with Gasteiger partial charge in [0.25, 0.3) is 11.5 Å². The maximum atomic E-state index is 12.2. The lowest BCUT2D eigenvalue weighted by Gasteiger charge is -2.31. The van der Waals surface area contributed by atoms with Crippen molar-refractivity contribution >= 4 is 29.3 Å². The van der Waals surface area contributed by atoms with Gasteiger partial charge in [-0.05, 0) is 37.9 Å². The number of carbonyl (C=O) groups excluding carboxylic acids is 2. The number of aromatic amines is 1. The molecular formula is C16H23ClN4O4. The Bertz CT molecular complexity index is 683. The topological polar surface area (TPSA) is 118 Å². The van der Waals surface area contributed by atoms with Crippen LogP contribution in [0.25, 0.3) is 0 Å². The van der Waals surface area contributed by atoms with Gasteiger partial charge in [-0.15, -0.1) is 0 Å². The van der Waals surface area contributed by atoms with E-state index >= 15 is 0 Å². The second-order valence-electron chi connectivity index (χ2n) is 6.09. The fourth-order valence-electron chi connectivity index (χ4n) is 2.79. The van der Waals surface area contributed by atoms with Crippen LogP contribution >= 0.6 is 11.6 Å². The third kappa shape index (κ3) is 5.47. The summed E-state index contributed by atoms with van der Waals surface area (Å²) >= 11 is 5.84. The number of pyridine rings is 1. The average Bonchev–Trinajstić information content (AvgIpc) is 2.61. The van der Waals surface area contributed by atoms with E-state index in [0.29, 0.717) is 25.4 Å². The first-order valence-corrected chi connectivity index (χ1v) is 8.54. The monoisotopic (exact) mass is 370 g/mol. The van der Waals surface area contributed by atoms with E-state index in [0.717, 1.165) is 25.9 Å². The van der Waals surface area contributed by atoms with Crippen molar-refractivity contribution in [1.29, 1.82) is 0 Å². The van der Waals surface area contributed by atoms with Crippen LogP contribution in [0.2, 0.25) is 5.02 Å². The van der Waals surface area contributed by atoms with Gasteiger partial charge in [-0.1, -0.05) is 11.6 Å². The zero-order chi connectivity index (χ0) is 18.4. The SMILES string of the molecule is COC(=O)CCN1CCC(CNC(=O)c2cc(Cl)c(N)[nH]c2=O)CC1. The molecule has 2 rings (SSSR count). The largest absolute Gasteiger partial charge is 0.469 e. The molecule has 0 saturated carbocycles. The highest BCUT2D eigenvalue weighted by atomic mass is 35.5. The standard InChI is InChI=1S/C16H23ClN4O4/c1-25-13(22)4-7-21-5-2-10(3-6-21)9-19-15(23)11-8-12(17)14(18)20-16(11)24/h8,10H,2-7,9H2,1H3,(H,19,23)(H3,18,20,24). The van der Waals surface area contributed by atoms with E-state index in [1.54, 1.807) is 0 Å². The van der Waals surface area contributed by atoms with E-state index in [1.807, 2.05) is 0 Å². The summed E-state index contributed by atoms with van der Waals surface area (Å²) in [5.74, 6) is -0.290. The van der Waals surface area contributed by atoms with Gasteiger partial charge in [0, 0.05) is 13.1 Å². The summed E-state index contributed by atoms with van der Waals surface area (Å²) in [6.45, 7) is 2.91. The molecule has 4 N–H and O–H groups in total. The molecule has 8 nitrogen and oxygen atoms in total. The van der Waals surface area contributed by atoms with E-state index in [-0.39, 0.29) is 22.4 Å². The third-order valence-corrected chi connectivity index (χ3v) is 4.70. The lowest BCUT2D eigenvalue weighted by molar-refractivity contribution is -0.141. The number of nitrogens with two attached hydrogens (primary N) is 1. The molecule has 0 spiro atoms. The van der Waals surface area contributed by atoms with Gasteiger partial charge >= 0.3 is 5.97 Å². The molecule has 1 aliphatic rings. The van der Waals surface area contributed by atoms with Crippen molar-refractivity contribution in [3.05, 3.63) is 27.0 Å². The number of esters is 1. The number of nitrogens with zero attached hydrogens (tertiary/aromatic N) is 1. The second kappa shape index (κ2) is 8.87. The minimum absolute atomic E-state index is 0.0440. The molecule has 0 bridgehead atoms. The zero-order valence-electron chi connectivity index (χ0n) is 14.1. The molecule has 2 heterocycles. The molecule has 0 unspecified atom stereocenters. The lowest BCUT2D eigenvalue weighted by Crippen LogP contribution is -2.40. The highest BCUT2D eigenvalue weighted by molar-refractivity contribution is 6.33. The number of hydrogen-bond acceptors (Lipinski definition) is 6. The number of aromatic nitrogens is 1. The van der Waals surface area contributed by atoms with Crippen molar-refractivity contribution in [2.24, 2.45) is 5.92 Å². The van der Waals surface area contributed by atoms with Crippen LogP contribution in [0.3, 0.4) is 0 Å². The van der Waals surface area contributed by atoms with Crippen molar-refractivity contribution in [2.75, 3.05) is 39.0 Å². The first-order chi connectivity index (χ1) is 11.9. The van der Waals surface area contributed by atoms with Crippen LogP contribution in [-0.4, -0.2) is 55.0 Å². The normalized spacial score (nSPS) is 15.8. The quantitative estimate of drug-likeness (QED) is 0.632. The van der Waals surface area contributed by atoms with Crippen molar-refractivity contribution in [3.63, 3.8) is 0 Å². The molecule has 1 amide bonds. The Hall–Kier alpha value is -2.06. The minimum atomic E-state index is -0.558. The summed E-state index contributed by atoms with van der Waals surface area (Å²) in [6.07, 6.45) is 2.22. The van der Waals surface area contributed by atoms with Gasteiger partial charge in [0.1, 0.15) is 11.4 Å². The van der Waals surface area contributed by atoms with E-state index < -0.39 is 11.5 Å². The maximum Gasteiger partial charge on any atom is 0.306 e. The molecule has 1 aromatic heterocycles. The van der Waals surface area contributed by atoms with Crippen molar-refractivity contribution in [1.82, 2.24) is 15.2 Å². The highest BCUT2D eigenvalue weighted by Gasteiger charge is 2.21. The average molecular weight is 371 g/mol. The van der Waals surface area contributed by atoms with E-state index in [1.165, 1.54) is 13.2 Å². The zero-order valence-corrected chi connectivity index (χ0v) is 14.9. The molecule has 138 valence electrons. The van der Waals surface area contributed by atoms with E-state index in [4.69, 9.17) is 17.3 Å². The number of likely N-dealkylation sites (tertiary alicyclic amines) is 1. The number of ether oxygens (including phenoxy) is 1. The number of halogens is 1. The Labute approximate surface area is 150 Å². The summed E-state index contributed by atoms with van der Waals surface area (Å²) < 4.78 is 4.64. The number of nitrogens with one attached hydrogen (secondary N) is 2. The Morgan fingerprint density at radius 2 is 2.12 bits per heavy atom. The number of hydrogen-bond donors (Lipinski definition) is 3. The predicted octanol–water partition coefficient (Wildman–Crippen LogP) is 0.615. The summed E-state index contributed by atoms with van der Waals surface area (Å²) in [4.78, 5) is 39.6. The number of anilines is 1. The number of H-pyrrole nitrogens is 1. The van der Waals surface area contributed by atoms with Crippen molar-refractivity contribution in [2.45, 2.75) is 19.3 Å². The van der Waals surface area contributed by atoms with Gasteiger partial charge in [-0.2, -0.15) is 0 Å². The van der Waals surface area contributed by atoms with E-state index in [9.17, 15) is 14.4 Å². The van der Waals surface area contributed by atoms with Crippen molar-refractivity contribution in [3.8, 4) is 0 Å². The summed E-state index contributed by atoms with van der Waals surface area (Å²) in [5.41, 5.74) is 4.89. The van der Waals surface area contributed by atoms with Crippen LogP contribution in [0.15, 0.2) is 10.9 Å². The van der Waals surface area contributed by atoms with Crippen LogP contribution in [-0.2, 0) is 9.53 Å². The summed E-state index contributed by atoms with van der Waals surface area (Å²) in [7, 11) is 1.39. The number of methoxy groups -OCH3 is 1. The number of amides is 1. The summed E-state index contributed by atoms with van der Waals surface area (Å²) in [5, 5.41) is 2.92. The number of carbonyl (C=O) groups is 2. The molecule has 1 fully saturated rings. The van der Waals surface area contributed by atoms with Crippen LogP contribution in [0.1, 0.15) is 29.6 Å². The molecule has 0 radical (unpaired) electrons. The molecule has 9 heteroatoms. The second-order valence-corrected chi connectivity index (χ2v) is 6.50. The van der Waals surface area contributed by atoms with Gasteiger partial charge in [-0.25, -0.2) is 0 Å². The van der Waals surface area contributed by atoms with Crippen LogP contribution in [0.4, 0.5) is 5.82 Å². The molecule has 1 aromatic rings. The molecule has 0 aliphatic carbocycles. The molecule has 0 aromatic carbocycles. The van der Waals surface area contributed by atoms with Crippen LogP contribution < -0.4 is 16.6 Å². The fraction of sp³-hybridized carbons (Fsp3) is 0.562. The Morgan fingerprint density at radius 1 is 1.44 bits per heavy atom. The summed E-state index contributed by atoms with van der Waals surface area (Å²) in [6, 6.07) is 1.28. The van der Waals surface area contributed by atoms with E-state index in [2.05, 4.69) is 19.9 Å². The van der Waals surface area contributed by atoms with Crippen LogP contribution in [0.5, 0.6) is 0 Å². The van der Waals surface area contributed by atoms with Gasteiger partial charge < -0.3 is 25.7 Å². The minimum Gasteiger partial charge on any atom is -0.469 e. The molecular weight excluding hydrogens is 348 g/mol. The van der Waals surface area contributed by atoms with Gasteiger partial charge in [0.05, 0.1) is 18.6 Å². The highest BCUT2D eigenvalue weighted by Crippen LogP contribution is 2.17. The Kier molecular flexibility index (Phi) is 6.83. The van der Waals surface area contributed by atoms with Crippen molar-refractivity contribution < 1.29 is 14.3 Å². The number of rotatable bonds is 6. The van der Waals surface area contributed by atoms with Crippen LogP contribution in [0, 0.1) is 5.92 Å². The maximum absolute atomic E-state index is 12.2. The lowest BCUT2D eigenvalue weighted by atomic mass is 9.96. The van der Waals surface area contributed by atoms with Gasteiger partial charge in [-0.3, -0.25) is 14.4 Å². The molecule has 25 heavy (non-hydrogen) atoms. The van der Waals surface area contributed by atoms with Gasteiger partial charge in [0.15, 0.2) is 0 Å². The molecule has 1 aliphatic heterocycles. The predicted molar refractivity (Wildman–Crippen MR) is 94.6 cm³/mol. The Balaban J connectivity index is 1.77. The van der Waals surface area contributed by atoms with Gasteiger partial charge in [0.2, 0.25) is 0 Å². The number of piperidine rings is 1. The molecule has 1 saturated heterocycles.